The van der Waals surface area contributed by atoms with Crippen molar-refractivity contribution in [2.45, 2.75) is 33.6 Å². The molecule has 0 saturated carbocycles. The Morgan fingerprint density at radius 1 is 1.64 bits per heavy atom. The molecule has 0 radical (unpaired) electrons. The molecule has 1 amide bonds. The van der Waals surface area contributed by atoms with Crippen molar-refractivity contribution >= 4 is 11.7 Å². The Bertz CT molecular complexity index is 304. The average molecular weight is 195 g/mol. The maximum absolute atomic E-state index is 11.4. The number of carbonyl (C=O) groups excluding carboxylic acids is 1. The van der Waals surface area contributed by atoms with Crippen molar-refractivity contribution in [3.05, 3.63) is 11.8 Å². The average Bonchev–Trinajstić information content (AvgIpc) is 2.49. The fourth-order valence-electron chi connectivity index (χ4n) is 1.09. The number of anilines is 1. The van der Waals surface area contributed by atoms with Crippen molar-refractivity contribution in [1.82, 2.24) is 10.2 Å². The number of nitrogens with zero attached hydrogens (tertiary/aromatic N) is 1. The van der Waals surface area contributed by atoms with Crippen LogP contribution >= 0.6 is 0 Å². The molecule has 78 valence electrons. The third-order valence-electron chi connectivity index (χ3n) is 2.04. The van der Waals surface area contributed by atoms with Gasteiger partial charge in [-0.25, -0.2) is 0 Å². The second kappa shape index (κ2) is 4.79. The first-order valence-electron chi connectivity index (χ1n) is 4.89. The molecule has 0 saturated heterocycles. The highest BCUT2D eigenvalue weighted by Gasteiger charge is 2.06. The second-order valence-electron chi connectivity index (χ2n) is 3.91. The molecule has 0 unspecified atom stereocenters. The Morgan fingerprint density at radius 2 is 2.36 bits per heavy atom. The van der Waals surface area contributed by atoms with Gasteiger partial charge in [0.2, 0.25) is 5.91 Å². The number of aryl methyl sites for hydroxylation is 1. The highest BCUT2D eigenvalue weighted by molar-refractivity contribution is 5.90. The van der Waals surface area contributed by atoms with Gasteiger partial charge in [-0.3, -0.25) is 9.89 Å². The van der Waals surface area contributed by atoms with E-state index in [1.165, 1.54) is 0 Å². The van der Waals surface area contributed by atoms with Crippen LogP contribution in [0.2, 0.25) is 0 Å². The molecular weight excluding hydrogens is 178 g/mol. The van der Waals surface area contributed by atoms with E-state index in [2.05, 4.69) is 29.4 Å². The summed E-state index contributed by atoms with van der Waals surface area (Å²) >= 11 is 0. The van der Waals surface area contributed by atoms with Crippen LogP contribution in [0.25, 0.3) is 0 Å². The third-order valence-corrected chi connectivity index (χ3v) is 2.04. The van der Waals surface area contributed by atoms with E-state index in [1.54, 1.807) is 6.20 Å². The van der Waals surface area contributed by atoms with E-state index in [4.69, 9.17) is 0 Å². The maximum atomic E-state index is 11.4. The molecule has 0 atom stereocenters. The first kappa shape index (κ1) is 10.8. The molecule has 14 heavy (non-hydrogen) atoms. The smallest absolute Gasteiger partial charge is 0.225 e. The van der Waals surface area contributed by atoms with Gasteiger partial charge in [0.25, 0.3) is 0 Å². The van der Waals surface area contributed by atoms with E-state index in [9.17, 15) is 4.79 Å². The van der Waals surface area contributed by atoms with Crippen molar-refractivity contribution in [1.29, 1.82) is 0 Å². The molecule has 1 aromatic rings. The van der Waals surface area contributed by atoms with Gasteiger partial charge in [0.05, 0.1) is 6.20 Å². The maximum Gasteiger partial charge on any atom is 0.225 e. The van der Waals surface area contributed by atoms with Gasteiger partial charge in [-0.1, -0.05) is 13.8 Å². The molecule has 0 spiro atoms. The van der Waals surface area contributed by atoms with Crippen molar-refractivity contribution in [2.24, 2.45) is 5.92 Å². The van der Waals surface area contributed by atoms with Gasteiger partial charge in [0.15, 0.2) is 0 Å². The number of H-pyrrole nitrogens is 1. The fourth-order valence-corrected chi connectivity index (χ4v) is 1.09. The standard InChI is InChI=1S/C10H17N3O/c1-7(2)4-5-9(14)12-10-8(3)6-11-13-10/h6-7H,4-5H2,1-3H3,(H2,11,12,13,14). The van der Waals surface area contributed by atoms with Crippen molar-refractivity contribution in [2.75, 3.05) is 5.32 Å². The number of nitrogens with one attached hydrogen (secondary N) is 2. The van der Waals surface area contributed by atoms with Crippen LogP contribution in [0.5, 0.6) is 0 Å². The topological polar surface area (TPSA) is 57.8 Å². The molecule has 0 aromatic carbocycles. The molecule has 1 rings (SSSR count). The van der Waals surface area contributed by atoms with Gasteiger partial charge in [-0.2, -0.15) is 5.10 Å². The Balaban J connectivity index is 2.38. The van der Waals surface area contributed by atoms with Gasteiger partial charge in [0, 0.05) is 12.0 Å². The lowest BCUT2D eigenvalue weighted by molar-refractivity contribution is -0.116. The third kappa shape index (κ3) is 3.20. The number of hydrogen-bond acceptors (Lipinski definition) is 2. The van der Waals surface area contributed by atoms with Crippen LogP contribution in [0.4, 0.5) is 5.82 Å². The summed E-state index contributed by atoms with van der Waals surface area (Å²) in [5.41, 5.74) is 0.961. The van der Waals surface area contributed by atoms with Gasteiger partial charge in [-0.05, 0) is 19.3 Å². The number of carbonyl (C=O) groups is 1. The molecule has 1 aromatic heterocycles. The van der Waals surface area contributed by atoms with Gasteiger partial charge in [-0.15, -0.1) is 0 Å². The minimum atomic E-state index is 0.0473. The van der Waals surface area contributed by atoms with Crippen LogP contribution in [0.1, 0.15) is 32.3 Å². The molecule has 0 aliphatic rings. The Hall–Kier alpha value is -1.32. The summed E-state index contributed by atoms with van der Waals surface area (Å²) in [4.78, 5) is 11.4. The zero-order valence-electron chi connectivity index (χ0n) is 8.92. The molecule has 0 aliphatic carbocycles. The minimum absolute atomic E-state index is 0.0473. The first-order valence-corrected chi connectivity index (χ1v) is 4.89. The van der Waals surface area contributed by atoms with Crippen molar-refractivity contribution in [3.63, 3.8) is 0 Å². The van der Waals surface area contributed by atoms with Crippen molar-refractivity contribution < 1.29 is 4.79 Å². The Morgan fingerprint density at radius 3 is 2.86 bits per heavy atom. The number of amides is 1. The molecule has 4 nitrogen and oxygen atoms in total. The number of aromatic nitrogens is 2. The lowest BCUT2D eigenvalue weighted by Gasteiger charge is -2.05. The monoisotopic (exact) mass is 195 g/mol. The van der Waals surface area contributed by atoms with E-state index in [-0.39, 0.29) is 5.91 Å². The van der Waals surface area contributed by atoms with Gasteiger partial charge >= 0.3 is 0 Å². The van der Waals surface area contributed by atoms with Crippen molar-refractivity contribution in [3.8, 4) is 0 Å². The van der Waals surface area contributed by atoms with Gasteiger partial charge < -0.3 is 5.32 Å². The predicted octanol–water partition coefficient (Wildman–Crippen LogP) is 2.09. The lowest BCUT2D eigenvalue weighted by Crippen LogP contribution is -2.13. The molecule has 0 bridgehead atoms. The first-order chi connectivity index (χ1) is 6.59. The summed E-state index contributed by atoms with van der Waals surface area (Å²) in [5, 5.41) is 9.36. The minimum Gasteiger partial charge on any atom is -0.311 e. The summed E-state index contributed by atoms with van der Waals surface area (Å²) in [6.45, 7) is 6.12. The highest BCUT2D eigenvalue weighted by Crippen LogP contribution is 2.10. The predicted molar refractivity (Wildman–Crippen MR) is 56.0 cm³/mol. The summed E-state index contributed by atoms with van der Waals surface area (Å²) in [6.07, 6.45) is 3.17. The molecular formula is C10H17N3O. The normalized spacial score (nSPS) is 10.6. The number of hydrogen-bond donors (Lipinski definition) is 2. The van der Waals surface area contributed by atoms with E-state index in [0.29, 0.717) is 18.2 Å². The van der Waals surface area contributed by atoms with E-state index in [1.807, 2.05) is 6.92 Å². The fraction of sp³-hybridized carbons (Fsp3) is 0.600. The van der Waals surface area contributed by atoms with Crippen LogP contribution < -0.4 is 5.32 Å². The molecule has 4 heteroatoms. The molecule has 0 aliphatic heterocycles. The lowest BCUT2D eigenvalue weighted by atomic mass is 10.1. The zero-order chi connectivity index (χ0) is 10.6. The summed E-state index contributed by atoms with van der Waals surface area (Å²) in [7, 11) is 0. The zero-order valence-corrected chi connectivity index (χ0v) is 8.92. The Labute approximate surface area is 84.1 Å². The largest absolute Gasteiger partial charge is 0.311 e. The van der Waals surface area contributed by atoms with Crippen LogP contribution in [0.3, 0.4) is 0 Å². The molecule has 2 N–H and O–H groups in total. The molecule has 1 heterocycles. The van der Waals surface area contributed by atoms with Crippen LogP contribution in [0.15, 0.2) is 6.20 Å². The summed E-state index contributed by atoms with van der Waals surface area (Å²) < 4.78 is 0. The Kier molecular flexibility index (Phi) is 3.68. The summed E-state index contributed by atoms with van der Waals surface area (Å²) in [5.74, 6) is 1.31. The van der Waals surface area contributed by atoms with Crippen LogP contribution in [-0.2, 0) is 4.79 Å². The van der Waals surface area contributed by atoms with E-state index < -0.39 is 0 Å². The highest BCUT2D eigenvalue weighted by atomic mass is 16.1. The van der Waals surface area contributed by atoms with Crippen LogP contribution in [0, 0.1) is 12.8 Å². The van der Waals surface area contributed by atoms with E-state index >= 15 is 0 Å². The summed E-state index contributed by atoms with van der Waals surface area (Å²) in [6, 6.07) is 0. The van der Waals surface area contributed by atoms with E-state index in [0.717, 1.165) is 12.0 Å². The molecule has 0 fully saturated rings. The number of aromatic amines is 1. The second-order valence-corrected chi connectivity index (χ2v) is 3.91. The van der Waals surface area contributed by atoms with Gasteiger partial charge in [0.1, 0.15) is 5.82 Å². The SMILES string of the molecule is Cc1cn[nH]c1NC(=O)CCC(C)C. The number of rotatable bonds is 4. The van der Waals surface area contributed by atoms with Crippen LogP contribution in [-0.4, -0.2) is 16.1 Å². The quantitative estimate of drug-likeness (QED) is 0.772.